The summed E-state index contributed by atoms with van der Waals surface area (Å²) in [4.78, 5) is 34.6. The lowest BCUT2D eigenvalue weighted by molar-refractivity contribution is 0.0856. The van der Waals surface area contributed by atoms with E-state index in [9.17, 15) is 18.4 Å². The molecule has 4 unspecified atom stereocenters. The van der Waals surface area contributed by atoms with Gasteiger partial charge in [0.05, 0.1) is 0 Å². The van der Waals surface area contributed by atoms with Gasteiger partial charge in [-0.05, 0) is 166 Å². The van der Waals surface area contributed by atoms with Crippen molar-refractivity contribution in [1.82, 2.24) is 20.6 Å². The van der Waals surface area contributed by atoms with E-state index in [-0.39, 0.29) is 47.9 Å². The molecule has 348 valence electrons. The van der Waals surface area contributed by atoms with E-state index in [0.29, 0.717) is 47.0 Å². The Morgan fingerprint density at radius 2 is 0.843 bits per heavy atom. The van der Waals surface area contributed by atoms with Gasteiger partial charge in [-0.3, -0.25) is 9.59 Å². The molecule has 6 N–H and O–H groups in total. The zero-order chi connectivity index (χ0) is 48.5. The highest BCUT2D eigenvalue weighted by atomic mass is 19.1. The van der Waals surface area contributed by atoms with Crippen molar-refractivity contribution in [3.8, 4) is 22.3 Å². The highest BCUT2D eigenvalue weighted by Crippen LogP contribution is 2.56. The lowest BCUT2D eigenvalue weighted by Crippen LogP contribution is -2.24. The first-order chi connectivity index (χ1) is 33.8. The first-order valence-electron chi connectivity index (χ1n) is 23.2. The quantitative estimate of drug-likeness (QED) is 0.117. The van der Waals surface area contributed by atoms with Crippen molar-refractivity contribution in [2.45, 2.75) is 65.2 Å². The molecule has 4 atom stereocenters. The molecule has 0 spiro atoms. The second-order valence-corrected chi connectivity index (χ2v) is 18.3. The van der Waals surface area contributed by atoms with E-state index in [2.05, 4.69) is 20.6 Å². The summed E-state index contributed by atoms with van der Waals surface area (Å²) < 4.78 is 41.3. The third kappa shape index (κ3) is 7.75. The Hall–Kier alpha value is -8.06. The van der Waals surface area contributed by atoms with Gasteiger partial charge < -0.3 is 31.6 Å². The van der Waals surface area contributed by atoms with Gasteiger partial charge in [-0.25, -0.2) is 18.7 Å². The van der Waals surface area contributed by atoms with Gasteiger partial charge in [0.1, 0.15) is 47.7 Å². The van der Waals surface area contributed by atoms with Crippen molar-refractivity contribution in [3.05, 3.63) is 234 Å². The van der Waals surface area contributed by atoms with Gasteiger partial charge in [0, 0.05) is 46.7 Å². The van der Waals surface area contributed by atoms with Gasteiger partial charge in [0.25, 0.3) is 11.8 Å². The van der Waals surface area contributed by atoms with Crippen LogP contribution in [0, 0.1) is 39.3 Å². The molecule has 2 aromatic heterocycles. The SMILES string of the molecule is Cc1cc(N)nc(C)c1CNC(=O)c1ccc2c(c1)C1OC2c2cc(-c3ccccc3F)ccc21.Cc1cc(N)nc(C)c1CNC(=O)c1ccc2c(c1)C1OC2c2ccc(-c3ccccc3F)cc21. The first-order valence-corrected chi connectivity index (χ1v) is 23.2. The Labute approximate surface area is 403 Å². The van der Waals surface area contributed by atoms with Crippen molar-refractivity contribution < 1.29 is 27.8 Å². The van der Waals surface area contributed by atoms with Crippen molar-refractivity contribution in [2.24, 2.45) is 0 Å². The van der Waals surface area contributed by atoms with Crippen LogP contribution in [0.1, 0.15) is 123 Å². The van der Waals surface area contributed by atoms with Crippen molar-refractivity contribution in [2.75, 3.05) is 11.5 Å². The van der Waals surface area contributed by atoms with Gasteiger partial charge in [0.15, 0.2) is 0 Å². The average molecular weight is 931 g/mol. The summed E-state index contributed by atoms with van der Waals surface area (Å²) in [7, 11) is 0. The molecule has 4 aliphatic rings. The molecule has 0 fully saturated rings. The molecular weight excluding hydrogens is 883 g/mol. The van der Waals surface area contributed by atoms with Crippen molar-refractivity contribution in [3.63, 3.8) is 0 Å². The minimum absolute atomic E-state index is 0.152. The fraction of sp³-hybridized carbons (Fsp3) is 0.172. The summed E-state index contributed by atoms with van der Waals surface area (Å²) in [6, 6.07) is 40.6. The standard InChI is InChI=1S/2C29H24FN3O2/c1-15-11-26(31)33-16(2)24(15)14-32-29(34)18-8-10-21-23(13-18)28-20-9-7-17(12-22(20)27(21)35-28)19-5-3-4-6-25(19)30;1-15-11-26(31)33-16(2)24(15)14-32-29(34)18-8-10-21-23(13-18)28-22-12-17(7-9-20(22)27(21)35-28)19-5-3-4-6-25(19)30/h2*3-13,27-28H,14H2,1-2H3,(H2,31,33)(H,32,34). The maximum atomic E-state index is 14.4. The van der Waals surface area contributed by atoms with Crippen LogP contribution in [0.3, 0.4) is 0 Å². The number of benzene rings is 6. The number of rotatable bonds is 8. The number of nitrogens with two attached hydrogens (primary N) is 2. The Kier molecular flexibility index (Phi) is 11.1. The number of nitrogens with one attached hydrogen (secondary N) is 2. The fourth-order valence-corrected chi connectivity index (χ4v) is 10.6. The molecule has 12 rings (SSSR count). The summed E-state index contributed by atoms with van der Waals surface area (Å²) >= 11 is 0. The number of aromatic nitrogens is 2. The largest absolute Gasteiger partial charge is 0.384 e. The van der Waals surface area contributed by atoms with Crippen LogP contribution >= 0.6 is 0 Å². The third-order valence-electron chi connectivity index (χ3n) is 14.0. The van der Waals surface area contributed by atoms with Crippen LogP contribution in [0.15, 0.2) is 133 Å². The van der Waals surface area contributed by atoms with E-state index in [4.69, 9.17) is 20.9 Å². The normalized spacial score (nSPS) is 17.2. The number of amides is 2. The lowest BCUT2D eigenvalue weighted by atomic mass is 9.83. The summed E-state index contributed by atoms with van der Waals surface area (Å²) in [5.74, 6) is 0.144. The smallest absolute Gasteiger partial charge is 0.251 e. The minimum Gasteiger partial charge on any atom is -0.384 e. The number of anilines is 2. The molecule has 0 saturated heterocycles. The molecule has 0 radical (unpaired) electrons. The maximum Gasteiger partial charge on any atom is 0.251 e. The highest BCUT2D eigenvalue weighted by molar-refractivity contribution is 5.95. The monoisotopic (exact) mass is 930 g/mol. The Balaban J connectivity index is 0.000000152. The number of carbonyl (C=O) groups excluding carboxylic acids is 2. The number of nitrogens with zero attached hydrogens (tertiary/aromatic N) is 2. The fourth-order valence-electron chi connectivity index (χ4n) is 10.6. The molecule has 4 bridgehead atoms. The minimum atomic E-state index is -0.268. The van der Waals surface area contributed by atoms with Crippen LogP contribution < -0.4 is 22.1 Å². The summed E-state index contributed by atoms with van der Waals surface area (Å²) in [6.45, 7) is 8.46. The Morgan fingerprint density at radius 3 is 1.24 bits per heavy atom. The summed E-state index contributed by atoms with van der Waals surface area (Å²) in [5.41, 5.74) is 29.5. The lowest BCUT2D eigenvalue weighted by Gasteiger charge is -2.18. The molecule has 0 saturated carbocycles. The number of pyridine rings is 2. The zero-order valence-electron chi connectivity index (χ0n) is 38.9. The Morgan fingerprint density at radius 1 is 0.486 bits per heavy atom. The molecule has 10 nitrogen and oxygen atoms in total. The van der Waals surface area contributed by atoms with E-state index in [1.54, 1.807) is 24.3 Å². The van der Waals surface area contributed by atoms with Crippen LogP contribution in [0.25, 0.3) is 22.3 Å². The van der Waals surface area contributed by atoms with Gasteiger partial charge in [0.2, 0.25) is 0 Å². The third-order valence-corrected chi connectivity index (χ3v) is 14.0. The average Bonchev–Trinajstić information content (AvgIpc) is 4.12. The molecule has 6 heterocycles. The van der Waals surface area contributed by atoms with Crippen LogP contribution in [0.2, 0.25) is 0 Å². The van der Waals surface area contributed by atoms with Gasteiger partial charge in [-0.1, -0.05) is 72.8 Å². The zero-order valence-corrected chi connectivity index (χ0v) is 38.9. The Bertz CT molecular complexity index is 3440. The highest BCUT2D eigenvalue weighted by Gasteiger charge is 2.44. The molecule has 12 heteroatoms. The predicted octanol–water partition coefficient (Wildman–Crippen LogP) is 11.1. The number of fused-ring (bicyclic) bond motifs is 16. The number of aryl methyl sites for hydroxylation is 4. The summed E-state index contributed by atoms with van der Waals surface area (Å²) in [6.07, 6.45) is -0.864. The van der Waals surface area contributed by atoms with E-state index in [1.165, 1.54) is 12.1 Å². The van der Waals surface area contributed by atoms with Crippen LogP contribution in [0.5, 0.6) is 0 Å². The molecular formula is C58H48F2N6O4. The number of hydrogen-bond donors (Lipinski definition) is 4. The van der Waals surface area contributed by atoms with Gasteiger partial charge in [-0.15, -0.1) is 0 Å². The molecule has 0 aliphatic carbocycles. The number of nitrogen functional groups attached to an aromatic ring is 2. The maximum absolute atomic E-state index is 14.4. The van der Waals surface area contributed by atoms with E-state index in [0.717, 1.165) is 89.3 Å². The number of carbonyl (C=O) groups is 2. The van der Waals surface area contributed by atoms with E-state index >= 15 is 0 Å². The second-order valence-electron chi connectivity index (χ2n) is 18.3. The number of hydrogen-bond acceptors (Lipinski definition) is 8. The number of ether oxygens (including phenoxy) is 2. The van der Waals surface area contributed by atoms with Crippen LogP contribution in [0.4, 0.5) is 20.4 Å². The number of halogens is 2. The molecule has 2 amide bonds. The predicted molar refractivity (Wildman–Crippen MR) is 265 cm³/mol. The molecule has 8 aromatic rings. The topological polar surface area (TPSA) is 154 Å². The molecule has 4 aliphatic heterocycles. The van der Waals surface area contributed by atoms with Crippen LogP contribution in [-0.4, -0.2) is 21.8 Å². The molecule has 70 heavy (non-hydrogen) atoms. The second kappa shape index (κ2) is 17.5. The van der Waals surface area contributed by atoms with E-state index in [1.807, 2.05) is 125 Å². The van der Waals surface area contributed by atoms with Crippen molar-refractivity contribution in [1.29, 1.82) is 0 Å². The van der Waals surface area contributed by atoms with Gasteiger partial charge in [-0.2, -0.15) is 0 Å². The first kappa shape index (κ1) is 44.4. The van der Waals surface area contributed by atoms with Crippen molar-refractivity contribution >= 4 is 23.5 Å². The van der Waals surface area contributed by atoms with Crippen LogP contribution in [-0.2, 0) is 22.6 Å². The van der Waals surface area contributed by atoms with E-state index < -0.39 is 0 Å². The summed E-state index contributed by atoms with van der Waals surface area (Å²) in [5, 5.41) is 6.01. The molecule has 6 aromatic carbocycles. The van der Waals surface area contributed by atoms with Gasteiger partial charge >= 0.3 is 0 Å².